The van der Waals surface area contributed by atoms with E-state index in [1.807, 2.05) is 31.2 Å². The molecule has 0 amide bonds. The third-order valence-electron chi connectivity index (χ3n) is 3.77. The number of ether oxygens (including phenoxy) is 1. The number of aryl methyl sites for hydroxylation is 1. The minimum absolute atomic E-state index is 0.280. The summed E-state index contributed by atoms with van der Waals surface area (Å²) in [6.45, 7) is 2.56. The summed E-state index contributed by atoms with van der Waals surface area (Å²) >= 11 is 1.40. The van der Waals surface area contributed by atoms with Crippen LogP contribution in [0, 0.1) is 12.7 Å². The van der Waals surface area contributed by atoms with Gasteiger partial charge < -0.3 is 9.84 Å². The molecule has 1 N–H and O–H groups in total. The molecule has 1 atom stereocenters. The molecule has 0 aromatic heterocycles. The number of hydrogen-bond acceptors (Lipinski definition) is 3. The van der Waals surface area contributed by atoms with E-state index in [1.165, 1.54) is 23.9 Å². The fourth-order valence-electron chi connectivity index (χ4n) is 2.34. The molecule has 0 aliphatic heterocycles. The third kappa shape index (κ3) is 7.18. The van der Waals surface area contributed by atoms with Gasteiger partial charge in [-0.05, 0) is 56.2 Å². The molecule has 0 fully saturated rings. The molecule has 134 valence electrons. The molecule has 1 unspecified atom stereocenters. The van der Waals surface area contributed by atoms with Crippen LogP contribution in [0.4, 0.5) is 4.39 Å². The van der Waals surface area contributed by atoms with Crippen molar-refractivity contribution in [1.29, 1.82) is 0 Å². The average Bonchev–Trinajstić information content (AvgIpc) is 2.60. The number of carboxylic acids is 1. The van der Waals surface area contributed by atoms with E-state index in [0.29, 0.717) is 18.8 Å². The number of thioether (sulfide) groups is 1. The summed E-state index contributed by atoms with van der Waals surface area (Å²) in [5.74, 6) is -0.397. The minimum Gasteiger partial charge on any atom is -0.494 e. The first-order valence-corrected chi connectivity index (χ1v) is 9.27. The van der Waals surface area contributed by atoms with Gasteiger partial charge in [-0.25, -0.2) is 4.39 Å². The molecule has 0 aliphatic rings. The van der Waals surface area contributed by atoms with Crippen molar-refractivity contribution in [2.45, 2.75) is 42.8 Å². The van der Waals surface area contributed by atoms with E-state index in [9.17, 15) is 14.3 Å². The molecule has 2 rings (SSSR count). The lowest BCUT2D eigenvalue weighted by Gasteiger charge is -2.12. The monoisotopic (exact) mass is 362 g/mol. The number of halogens is 1. The van der Waals surface area contributed by atoms with Crippen LogP contribution in [0.25, 0.3) is 0 Å². The Labute approximate surface area is 152 Å². The van der Waals surface area contributed by atoms with Crippen LogP contribution in [0.5, 0.6) is 5.75 Å². The highest BCUT2D eigenvalue weighted by atomic mass is 32.2. The first-order chi connectivity index (χ1) is 12.0. The summed E-state index contributed by atoms with van der Waals surface area (Å²) < 4.78 is 18.3. The molecule has 25 heavy (non-hydrogen) atoms. The van der Waals surface area contributed by atoms with Gasteiger partial charge in [0.1, 0.15) is 16.8 Å². The van der Waals surface area contributed by atoms with Crippen molar-refractivity contribution >= 4 is 17.7 Å². The first kappa shape index (κ1) is 19.3. The quantitative estimate of drug-likeness (QED) is 0.459. The van der Waals surface area contributed by atoms with Crippen LogP contribution in [0.15, 0.2) is 53.4 Å². The fourth-order valence-corrected chi connectivity index (χ4v) is 3.35. The summed E-state index contributed by atoms with van der Waals surface area (Å²) in [5, 5.41) is 8.96. The molecule has 0 radical (unpaired) electrons. The van der Waals surface area contributed by atoms with Crippen LogP contribution in [0.1, 0.15) is 31.2 Å². The van der Waals surface area contributed by atoms with Gasteiger partial charge in [0.15, 0.2) is 0 Å². The maximum absolute atomic E-state index is 12.8. The highest BCUT2D eigenvalue weighted by Gasteiger charge is 2.18. The van der Waals surface area contributed by atoms with Gasteiger partial charge in [0.2, 0.25) is 0 Å². The summed E-state index contributed by atoms with van der Waals surface area (Å²) in [6, 6.07) is 13.9. The van der Waals surface area contributed by atoms with Gasteiger partial charge in [-0.15, -0.1) is 11.8 Å². The van der Waals surface area contributed by atoms with Gasteiger partial charge in [-0.2, -0.15) is 0 Å². The predicted octanol–water partition coefficient (Wildman–Crippen LogP) is 5.32. The molecule has 0 bridgehead atoms. The second kappa shape index (κ2) is 10.1. The van der Waals surface area contributed by atoms with Crippen LogP contribution >= 0.6 is 11.8 Å². The van der Waals surface area contributed by atoms with E-state index in [-0.39, 0.29) is 5.82 Å². The molecular weight excluding hydrogens is 339 g/mol. The van der Waals surface area contributed by atoms with Gasteiger partial charge in [0.25, 0.3) is 0 Å². The Morgan fingerprint density at radius 2 is 1.76 bits per heavy atom. The van der Waals surface area contributed by atoms with Crippen molar-refractivity contribution < 1.29 is 19.0 Å². The molecule has 0 saturated carbocycles. The van der Waals surface area contributed by atoms with E-state index in [1.54, 1.807) is 12.1 Å². The summed E-state index contributed by atoms with van der Waals surface area (Å²) in [5.41, 5.74) is 1.16. The third-order valence-corrected chi connectivity index (χ3v) is 5.03. The molecular formula is C20H23FO3S. The average molecular weight is 362 g/mol. The lowest BCUT2D eigenvalue weighted by Crippen LogP contribution is -2.16. The smallest absolute Gasteiger partial charge is 0.316 e. The molecule has 2 aromatic carbocycles. The number of unbranched alkanes of at least 4 members (excludes halogenated alkanes) is 2. The fraction of sp³-hybridized carbons (Fsp3) is 0.350. The number of hydrogen-bond donors (Lipinski definition) is 1. The zero-order valence-electron chi connectivity index (χ0n) is 14.3. The van der Waals surface area contributed by atoms with Crippen molar-refractivity contribution in [3.05, 3.63) is 59.9 Å². The van der Waals surface area contributed by atoms with Crippen molar-refractivity contribution in [1.82, 2.24) is 0 Å². The Morgan fingerprint density at radius 3 is 2.40 bits per heavy atom. The van der Waals surface area contributed by atoms with Crippen LogP contribution < -0.4 is 4.74 Å². The molecule has 0 aliphatic carbocycles. The first-order valence-electron chi connectivity index (χ1n) is 8.39. The molecule has 5 heteroatoms. The highest BCUT2D eigenvalue weighted by molar-refractivity contribution is 8.00. The zero-order chi connectivity index (χ0) is 18.1. The molecule has 0 spiro atoms. The second-order valence-electron chi connectivity index (χ2n) is 5.91. The van der Waals surface area contributed by atoms with Crippen molar-refractivity contribution in [3.63, 3.8) is 0 Å². The molecule has 0 heterocycles. The lowest BCUT2D eigenvalue weighted by molar-refractivity contribution is -0.136. The Balaban J connectivity index is 1.66. The van der Waals surface area contributed by atoms with E-state index < -0.39 is 11.2 Å². The number of aliphatic carboxylic acids is 1. The normalized spacial score (nSPS) is 11.9. The van der Waals surface area contributed by atoms with Gasteiger partial charge in [0, 0.05) is 4.90 Å². The highest BCUT2D eigenvalue weighted by Crippen LogP contribution is 2.27. The van der Waals surface area contributed by atoms with Gasteiger partial charge in [0.05, 0.1) is 6.61 Å². The number of carboxylic acid groups (broad SMARTS) is 1. The number of carbonyl (C=O) groups is 1. The van der Waals surface area contributed by atoms with Crippen LogP contribution in [0.2, 0.25) is 0 Å². The standard InChI is InChI=1S/C20H23FO3S/c1-15-6-12-18(13-7-15)25-19(20(22)23)5-3-2-4-14-24-17-10-8-16(21)9-11-17/h6-13,19H,2-5,14H2,1H3,(H,22,23). The van der Waals surface area contributed by atoms with Crippen LogP contribution in [-0.2, 0) is 4.79 Å². The maximum atomic E-state index is 12.8. The Hall–Kier alpha value is -2.01. The van der Waals surface area contributed by atoms with Gasteiger partial charge in [-0.3, -0.25) is 4.79 Å². The summed E-state index contributed by atoms with van der Waals surface area (Å²) in [7, 11) is 0. The minimum atomic E-state index is -0.770. The zero-order valence-corrected chi connectivity index (χ0v) is 15.1. The predicted molar refractivity (Wildman–Crippen MR) is 98.8 cm³/mol. The van der Waals surface area contributed by atoms with E-state index >= 15 is 0 Å². The lowest BCUT2D eigenvalue weighted by atomic mass is 10.1. The maximum Gasteiger partial charge on any atom is 0.316 e. The van der Waals surface area contributed by atoms with Crippen LogP contribution in [-0.4, -0.2) is 22.9 Å². The second-order valence-corrected chi connectivity index (χ2v) is 7.19. The summed E-state index contributed by atoms with van der Waals surface area (Å²) in [4.78, 5) is 12.4. The Morgan fingerprint density at radius 1 is 1.08 bits per heavy atom. The topological polar surface area (TPSA) is 46.5 Å². The van der Waals surface area contributed by atoms with Crippen molar-refractivity contribution in [2.24, 2.45) is 0 Å². The van der Waals surface area contributed by atoms with E-state index in [0.717, 1.165) is 29.7 Å². The SMILES string of the molecule is Cc1ccc(SC(CCCCCOc2ccc(F)cc2)C(=O)O)cc1. The number of rotatable bonds is 10. The van der Waals surface area contributed by atoms with Crippen molar-refractivity contribution in [2.75, 3.05) is 6.61 Å². The molecule has 0 saturated heterocycles. The van der Waals surface area contributed by atoms with Gasteiger partial charge in [-0.1, -0.05) is 30.5 Å². The van der Waals surface area contributed by atoms with Crippen molar-refractivity contribution in [3.8, 4) is 5.75 Å². The Bertz CT molecular complexity index is 656. The molecule has 2 aromatic rings. The summed E-state index contributed by atoms with van der Waals surface area (Å²) in [6.07, 6.45) is 3.21. The largest absolute Gasteiger partial charge is 0.494 e. The van der Waals surface area contributed by atoms with E-state index in [2.05, 4.69) is 0 Å². The molecule has 3 nitrogen and oxygen atoms in total. The van der Waals surface area contributed by atoms with Crippen LogP contribution in [0.3, 0.4) is 0 Å². The van der Waals surface area contributed by atoms with Gasteiger partial charge >= 0.3 is 5.97 Å². The Kier molecular flexibility index (Phi) is 7.79. The van der Waals surface area contributed by atoms with E-state index in [4.69, 9.17) is 4.74 Å². The number of benzene rings is 2.